The minimum Gasteiger partial charge on any atom is -0.480 e. The first kappa shape index (κ1) is 35.5. The molecule has 0 aliphatic heterocycles. The van der Waals surface area contributed by atoms with E-state index in [1.165, 1.54) is 0 Å². The van der Waals surface area contributed by atoms with E-state index in [1.54, 1.807) is 27.7 Å². The van der Waals surface area contributed by atoms with Crippen molar-refractivity contribution in [3.8, 4) is 11.1 Å². The summed E-state index contributed by atoms with van der Waals surface area (Å²) in [5.74, 6) is -4.74. The number of primary amides is 1. The van der Waals surface area contributed by atoms with Gasteiger partial charge < -0.3 is 36.8 Å². The summed E-state index contributed by atoms with van der Waals surface area (Å²) in [6.07, 6.45) is -1.06. The summed E-state index contributed by atoms with van der Waals surface area (Å²) in [7, 11) is 0. The van der Waals surface area contributed by atoms with Gasteiger partial charge in [0.25, 0.3) is 0 Å². The Morgan fingerprint density at radius 2 is 1.41 bits per heavy atom. The van der Waals surface area contributed by atoms with Crippen LogP contribution in [0.4, 0.5) is 4.79 Å². The van der Waals surface area contributed by atoms with Crippen molar-refractivity contribution in [2.75, 3.05) is 13.2 Å². The zero-order valence-corrected chi connectivity index (χ0v) is 26.5. The van der Waals surface area contributed by atoms with Crippen molar-refractivity contribution < 1.29 is 38.6 Å². The standard InChI is InChI=1S/C33H43N5O8/c1-18(2)15-26(32(43)44)37-30(41)25(13-14-27(34)39)36-28(40)16-35-31(42)29(19(3)4)38-33(45)46-17-24-22-11-7-5-9-20(22)21-10-6-8-12-23(21)24/h5-12,18-19,24-26,29H,13-17H2,1-4H3,(H2,34,39)(H,35,42)(H,36,40)(H,37,41)(H,38,45)(H,43,44). The van der Waals surface area contributed by atoms with Gasteiger partial charge in [-0.05, 0) is 46.9 Å². The summed E-state index contributed by atoms with van der Waals surface area (Å²) in [4.78, 5) is 74.3. The second-order valence-corrected chi connectivity index (χ2v) is 12.1. The van der Waals surface area contributed by atoms with Crippen molar-refractivity contribution >= 4 is 35.7 Å². The Labute approximate surface area is 268 Å². The van der Waals surface area contributed by atoms with Crippen LogP contribution in [0.3, 0.4) is 0 Å². The summed E-state index contributed by atoms with van der Waals surface area (Å²) in [6, 6.07) is 12.3. The number of carboxylic acid groups (broad SMARTS) is 1. The zero-order chi connectivity index (χ0) is 34.0. The lowest BCUT2D eigenvalue weighted by atomic mass is 9.98. The van der Waals surface area contributed by atoms with Gasteiger partial charge in [0.15, 0.2) is 0 Å². The van der Waals surface area contributed by atoms with E-state index in [1.807, 2.05) is 48.5 Å². The minimum absolute atomic E-state index is 0.0359. The van der Waals surface area contributed by atoms with E-state index in [9.17, 15) is 33.9 Å². The zero-order valence-electron chi connectivity index (χ0n) is 26.5. The molecule has 13 nitrogen and oxygen atoms in total. The molecule has 0 aromatic heterocycles. The lowest BCUT2D eigenvalue weighted by molar-refractivity contribution is -0.142. The third-order valence-corrected chi connectivity index (χ3v) is 7.64. The predicted molar refractivity (Wildman–Crippen MR) is 169 cm³/mol. The van der Waals surface area contributed by atoms with E-state index < -0.39 is 60.4 Å². The number of nitrogens with two attached hydrogens (primary N) is 1. The summed E-state index contributed by atoms with van der Waals surface area (Å²) in [5, 5.41) is 19.3. The van der Waals surface area contributed by atoms with Crippen molar-refractivity contribution in [3.63, 3.8) is 0 Å². The van der Waals surface area contributed by atoms with Crippen LogP contribution in [-0.4, -0.2) is 72.1 Å². The first-order chi connectivity index (χ1) is 21.8. The van der Waals surface area contributed by atoms with Crippen LogP contribution in [0.15, 0.2) is 48.5 Å². The Morgan fingerprint density at radius 3 is 1.93 bits per heavy atom. The SMILES string of the molecule is CC(C)CC(NC(=O)C(CCC(N)=O)NC(=O)CNC(=O)C(NC(=O)OCC1c2ccccc2-c2ccccc21)C(C)C)C(=O)O. The molecule has 46 heavy (non-hydrogen) atoms. The number of nitrogens with one attached hydrogen (secondary N) is 4. The average Bonchev–Trinajstić information content (AvgIpc) is 3.32. The van der Waals surface area contributed by atoms with Crippen LogP contribution in [0, 0.1) is 11.8 Å². The largest absolute Gasteiger partial charge is 0.480 e. The van der Waals surface area contributed by atoms with Gasteiger partial charge in [0.05, 0.1) is 6.54 Å². The number of ether oxygens (including phenoxy) is 1. The van der Waals surface area contributed by atoms with Crippen LogP contribution >= 0.6 is 0 Å². The summed E-state index contributed by atoms with van der Waals surface area (Å²) in [5.41, 5.74) is 9.45. The summed E-state index contributed by atoms with van der Waals surface area (Å²) >= 11 is 0. The van der Waals surface area contributed by atoms with Gasteiger partial charge in [-0.15, -0.1) is 0 Å². The summed E-state index contributed by atoms with van der Waals surface area (Å²) in [6.45, 7) is 6.53. The van der Waals surface area contributed by atoms with E-state index >= 15 is 0 Å². The summed E-state index contributed by atoms with van der Waals surface area (Å²) < 4.78 is 5.56. The Bertz CT molecular complexity index is 1400. The third-order valence-electron chi connectivity index (χ3n) is 7.64. The lowest BCUT2D eigenvalue weighted by Gasteiger charge is -2.23. The maximum Gasteiger partial charge on any atom is 0.407 e. The number of aliphatic carboxylic acids is 1. The van der Waals surface area contributed by atoms with Crippen molar-refractivity contribution in [1.82, 2.24) is 21.3 Å². The molecule has 2 aromatic carbocycles. The number of carbonyl (C=O) groups excluding carboxylic acids is 5. The third kappa shape index (κ3) is 9.78. The molecule has 0 radical (unpaired) electrons. The molecule has 0 saturated carbocycles. The highest BCUT2D eigenvalue weighted by Crippen LogP contribution is 2.44. The fourth-order valence-corrected chi connectivity index (χ4v) is 5.35. The van der Waals surface area contributed by atoms with Crippen LogP contribution in [-0.2, 0) is 28.7 Å². The number of hydrogen-bond acceptors (Lipinski definition) is 7. The molecule has 2 aromatic rings. The highest BCUT2D eigenvalue weighted by Gasteiger charge is 2.31. The van der Waals surface area contributed by atoms with E-state index in [4.69, 9.17) is 10.5 Å². The number of carboxylic acids is 1. The van der Waals surface area contributed by atoms with Gasteiger partial charge in [-0.2, -0.15) is 0 Å². The van der Waals surface area contributed by atoms with Crippen LogP contribution in [0.5, 0.6) is 0 Å². The number of carbonyl (C=O) groups is 6. The molecule has 7 N–H and O–H groups in total. The van der Waals surface area contributed by atoms with Crippen molar-refractivity contribution in [1.29, 1.82) is 0 Å². The van der Waals surface area contributed by atoms with E-state index in [0.717, 1.165) is 22.3 Å². The quantitative estimate of drug-likeness (QED) is 0.160. The molecular weight excluding hydrogens is 594 g/mol. The molecule has 248 valence electrons. The maximum atomic E-state index is 13.0. The smallest absolute Gasteiger partial charge is 0.407 e. The fraction of sp³-hybridized carbons (Fsp3) is 0.455. The van der Waals surface area contributed by atoms with Crippen LogP contribution in [0.1, 0.15) is 64.0 Å². The molecular formula is C33H43N5O8. The van der Waals surface area contributed by atoms with Gasteiger partial charge in [0.2, 0.25) is 23.6 Å². The Morgan fingerprint density at radius 1 is 0.826 bits per heavy atom. The molecule has 3 rings (SSSR count). The number of alkyl carbamates (subject to hydrolysis) is 1. The molecule has 1 aliphatic carbocycles. The van der Waals surface area contributed by atoms with Crippen molar-refractivity contribution in [2.45, 2.75) is 71.0 Å². The molecule has 3 unspecified atom stereocenters. The highest BCUT2D eigenvalue weighted by molar-refractivity contribution is 5.93. The van der Waals surface area contributed by atoms with E-state index in [-0.39, 0.29) is 43.6 Å². The predicted octanol–water partition coefficient (Wildman–Crippen LogP) is 2.03. The Kier molecular flexibility index (Phi) is 12.7. The first-order valence-corrected chi connectivity index (χ1v) is 15.3. The van der Waals surface area contributed by atoms with Crippen molar-refractivity contribution in [2.24, 2.45) is 17.6 Å². The van der Waals surface area contributed by atoms with E-state index in [2.05, 4.69) is 21.3 Å². The fourth-order valence-electron chi connectivity index (χ4n) is 5.35. The Hall–Kier alpha value is -4.94. The van der Waals surface area contributed by atoms with Crippen LogP contribution in [0.25, 0.3) is 11.1 Å². The highest BCUT2D eigenvalue weighted by atomic mass is 16.5. The first-order valence-electron chi connectivity index (χ1n) is 15.3. The number of benzene rings is 2. The van der Waals surface area contributed by atoms with Gasteiger partial charge in [-0.25, -0.2) is 9.59 Å². The average molecular weight is 638 g/mol. The molecule has 0 spiro atoms. The number of hydrogen-bond donors (Lipinski definition) is 6. The number of amides is 5. The second-order valence-electron chi connectivity index (χ2n) is 12.1. The molecule has 5 amide bonds. The van der Waals surface area contributed by atoms with Gasteiger partial charge in [0.1, 0.15) is 24.7 Å². The molecule has 0 fully saturated rings. The normalized spacial score (nSPS) is 14.0. The molecule has 0 bridgehead atoms. The Balaban J connectivity index is 1.56. The van der Waals surface area contributed by atoms with Crippen molar-refractivity contribution in [3.05, 3.63) is 59.7 Å². The molecule has 0 saturated heterocycles. The van der Waals surface area contributed by atoms with Gasteiger partial charge >= 0.3 is 12.1 Å². The van der Waals surface area contributed by atoms with Crippen LogP contribution < -0.4 is 27.0 Å². The lowest BCUT2D eigenvalue weighted by Crippen LogP contribution is -2.55. The monoisotopic (exact) mass is 637 g/mol. The number of fused-ring (bicyclic) bond motifs is 3. The van der Waals surface area contributed by atoms with Gasteiger partial charge in [0, 0.05) is 12.3 Å². The molecule has 1 aliphatic rings. The van der Waals surface area contributed by atoms with Gasteiger partial charge in [-0.3, -0.25) is 19.2 Å². The topological polar surface area (TPSA) is 206 Å². The number of rotatable bonds is 16. The minimum atomic E-state index is -1.27. The molecule has 13 heteroatoms. The molecule has 0 heterocycles. The second kappa shape index (κ2) is 16.4. The van der Waals surface area contributed by atoms with Gasteiger partial charge in [-0.1, -0.05) is 76.2 Å². The maximum absolute atomic E-state index is 13.0. The van der Waals surface area contributed by atoms with E-state index in [0.29, 0.717) is 0 Å². The van der Waals surface area contributed by atoms with Crippen LogP contribution in [0.2, 0.25) is 0 Å². The molecule has 3 atom stereocenters.